The third kappa shape index (κ3) is 6.92. The van der Waals surface area contributed by atoms with Crippen LogP contribution < -0.4 is 15.8 Å². The Bertz CT molecular complexity index is 612. The lowest BCUT2D eigenvalue weighted by atomic mass is 10.1. The van der Waals surface area contributed by atoms with Crippen LogP contribution in [0.15, 0.2) is 48.5 Å². The first-order chi connectivity index (χ1) is 11.2. The minimum Gasteiger partial charge on any atom is -0.494 e. The number of halogens is 1. The highest BCUT2D eigenvalue weighted by Gasteiger charge is 2.03. The summed E-state index contributed by atoms with van der Waals surface area (Å²) in [5, 5.41) is 2.95. The Labute approximate surface area is 149 Å². The van der Waals surface area contributed by atoms with E-state index in [1.54, 1.807) is 0 Å². The number of nitrogens with two attached hydrogens (primary N) is 1. The molecule has 2 rings (SSSR count). The molecule has 0 heterocycles. The number of anilines is 1. The lowest BCUT2D eigenvalue weighted by Crippen LogP contribution is -2.25. The van der Waals surface area contributed by atoms with Gasteiger partial charge < -0.3 is 15.8 Å². The van der Waals surface area contributed by atoms with Crippen molar-refractivity contribution in [3.05, 3.63) is 59.7 Å². The van der Waals surface area contributed by atoms with Crippen molar-refractivity contribution in [2.75, 3.05) is 18.9 Å². The zero-order valence-corrected chi connectivity index (χ0v) is 14.8. The summed E-state index contributed by atoms with van der Waals surface area (Å²) >= 11 is 0. The van der Waals surface area contributed by atoms with E-state index in [2.05, 4.69) is 5.32 Å². The normalized spacial score (nSPS) is 9.88. The van der Waals surface area contributed by atoms with Crippen LogP contribution in [0.4, 0.5) is 5.69 Å². The Hall–Kier alpha value is -2.20. The van der Waals surface area contributed by atoms with Crippen molar-refractivity contribution in [1.29, 1.82) is 0 Å². The Kier molecular flexibility index (Phi) is 8.72. The quantitative estimate of drug-likeness (QED) is 0.719. The van der Waals surface area contributed by atoms with Gasteiger partial charge in [0.25, 0.3) is 0 Å². The maximum atomic E-state index is 11.9. The van der Waals surface area contributed by atoms with Crippen LogP contribution in [0.5, 0.6) is 5.75 Å². The molecule has 0 bridgehead atoms. The molecule has 4 nitrogen and oxygen atoms in total. The van der Waals surface area contributed by atoms with E-state index in [9.17, 15) is 4.79 Å². The topological polar surface area (TPSA) is 64.3 Å². The van der Waals surface area contributed by atoms with Gasteiger partial charge in [0, 0.05) is 18.7 Å². The second kappa shape index (κ2) is 10.6. The van der Waals surface area contributed by atoms with Gasteiger partial charge in [-0.05, 0) is 55.2 Å². The molecule has 0 radical (unpaired) electrons. The highest BCUT2D eigenvalue weighted by Crippen LogP contribution is 2.13. The number of hydrogen-bond acceptors (Lipinski definition) is 3. The van der Waals surface area contributed by atoms with Crippen LogP contribution >= 0.6 is 12.4 Å². The molecular formula is C19H25ClN2O2. The highest BCUT2D eigenvalue weighted by atomic mass is 35.5. The van der Waals surface area contributed by atoms with Gasteiger partial charge in [-0.25, -0.2) is 0 Å². The predicted octanol–water partition coefficient (Wildman–Crippen LogP) is 3.38. The number of aryl methyl sites for hydroxylation is 1. The molecule has 24 heavy (non-hydrogen) atoms. The zero-order valence-electron chi connectivity index (χ0n) is 14.0. The van der Waals surface area contributed by atoms with Gasteiger partial charge in [-0.3, -0.25) is 4.79 Å². The highest BCUT2D eigenvalue weighted by molar-refractivity contribution is 5.85. The third-order valence-corrected chi connectivity index (χ3v) is 3.59. The van der Waals surface area contributed by atoms with Crippen molar-refractivity contribution in [3.63, 3.8) is 0 Å². The first-order valence-electron chi connectivity index (χ1n) is 8.00. The Morgan fingerprint density at radius 1 is 1.00 bits per heavy atom. The Morgan fingerprint density at radius 3 is 2.21 bits per heavy atom. The van der Waals surface area contributed by atoms with Crippen molar-refractivity contribution in [2.24, 2.45) is 0 Å². The van der Waals surface area contributed by atoms with Crippen molar-refractivity contribution in [3.8, 4) is 5.75 Å². The van der Waals surface area contributed by atoms with E-state index in [0.29, 0.717) is 19.6 Å². The fourth-order valence-corrected chi connectivity index (χ4v) is 2.30. The van der Waals surface area contributed by atoms with E-state index in [1.165, 1.54) is 5.56 Å². The van der Waals surface area contributed by atoms with Gasteiger partial charge in [-0.2, -0.15) is 0 Å². The molecule has 5 heteroatoms. The Morgan fingerprint density at radius 2 is 1.58 bits per heavy atom. The molecule has 2 aromatic rings. The van der Waals surface area contributed by atoms with Gasteiger partial charge in [-0.15, -0.1) is 12.4 Å². The minimum absolute atomic E-state index is 0. The van der Waals surface area contributed by atoms with E-state index >= 15 is 0 Å². The molecule has 130 valence electrons. The summed E-state index contributed by atoms with van der Waals surface area (Å²) in [6.45, 7) is 3.27. The molecule has 2 aromatic carbocycles. The lowest BCUT2D eigenvalue weighted by molar-refractivity contribution is -0.121. The standard InChI is InChI=1S/C19H24N2O2.ClH/c1-2-23-18-10-5-15(6-11-18)7-12-19(22)21-14-13-16-3-8-17(20)9-4-16;/h3-6,8-11H,2,7,12-14,20H2,1H3,(H,21,22);1H. The number of ether oxygens (including phenoxy) is 1. The van der Waals surface area contributed by atoms with Crippen LogP contribution in [0.2, 0.25) is 0 Å². The van der Waals surface area contributed by atoms with Crippen LogP contribution in [-0.2, 0) is 17.6 Å². The van der Waals surface area contributed by atoms with Gasteiger partial charge >= 0.3 is 0 Å². The monoisotopic (exact) mass is 348 g/mol. The number of carbonyl (C=O) groups excluding carboxylic acids is 1. The van der Waals surface area contributed by atoms with Gasteiger partial charge in [0.15, 0.2) is 0 Å². The average molecular weight is 349 g/mol. The number of rotatable bonds is 8. The molecular weight excluding hydrogens is 324 g/mol. The maximum absolute atomic E-state index is 11.9. The third-order valence-electron chi connectivity index (χ3n) is 3.59. The molecule has 0 saturated heterocycles. The van der Waals surface area contributed by atoms with Crippen molar-refractivity contribution in [2.45, 2.75) is 26.2 Å². The predicted molar refractivity (Wildman–Crippen MR) is 101 cm³/mol. The number of nitrogens with one attached hydrogen (secondary N) is 1. The molecule has 0 aliphatic carbocycles. The summed E-state index contributed by atoms with van der Waals surface area (Å²) in [5.41, 5.74) is 8.72. The summed E-state index contributed by atoms with van der Waals surface area (Å²) in [6.07, 6.45) is 2.05. The molecule has 3 N–H and O–H groups in total. The molecule has 0 saturated carbocycles. The van der Waals surface area contributed by atoms with Crippen LogP contribution in [0, 0.1) is 0 Å². The van der Waals surface area contributed by atoms with Gasteiger partial charge in [-0.1, -0.05) is 24.3 Å². The molecule has 0 aliphatic heterocycles. The number of nitrogen functional groups attached to an aromatic ring is 1. The van der Waals surface area contributed by atoms with Gasteiger partial charge in [0.2, 0.25) is 5.91 Å². The van der Waals surface area contributed by atoms with E-state index < -0.39 is 0 Å². The largest absolute Gasteiger partial charge is 0.494 e. The fourth-order valence-electron chi connectivity index (χ4n) is 2.30. The second-order valence-electron chi connectivity index (χ2n) is 5.42. The van der Waals surface area contributed by atoms with Crippen LogP contribution in [0.3, 0.4) is 0 Å². The first kappa shape index (κ1) is 19.8. The van der Waals surface area contributed by atoms with Crippen LogP contribution in [-0.4, -0.2) is 19.1 Å². The number of benzene rings is 2. The van der Waals surface area contributed by atoms with E-state index in [-0.39, 0.29) is 18.3 Å². The fraction of sp³-hybridized carbons (Fsp3) is 0.316. The van der Waals surface area contributed by atoms with Crippen LogP contribution in [0.25, 0.3) is 0 Å². The van der Waals surface area contributed by atoms with Crippen molar-refractivity contribution in [1.82, 2.24) is 5.32 Å². The van der Waals surface area contributed by atoms with Gasteiger partial charge in [0.1, 0.15) is 5.75 Å². The molecule has 0 fully saturated rings. The number of carbonyl (C=O) groups is 1. The molecule has 0 unspecified atom stereocenters. The summed E-state index contributed by atoms with van der Waals surface area (Å²) < 4.78 is 5.40. The SMILES string of the molecule is CCOc1ccc(CCC(=O)NCCc2ccc(N)cc2)cc1.Cl. The average Bonchev–Trinajstić information content (AvgIpc) is 2.56. The second-order valence-corrected chi connectivity index (χ2v) is 5.42. The van der Waals surface area contributed by atoms with E-state index in [4.69, 9.17) is 10.5 Å². The molecule has 0 atom stereocenters. The van der Waals surface area contributed by atoms with Gasteiger partial charge in [0.05, 0.1) is 6.61 Å². The van der Waals surface area contributed by atoms with E-state index in [1.807, 2.05) is 55.5 Å². The maximum Gasteiger partial charge on any atom is 0.220 e. The molecule has 0 aliphatic rings. The summed E-state index contributed by atoms with van der Waals surface area (Å²) in [4.78, 5) is 11.9. The summed E-state index contributed by atoms with van der Waals surface area (Å²) in [7, 11) is 0. The van der Waals surface area contributed by atoms with Crippen LogP contribution in [0.1, 0.15) is 24.5 Å². The molecule has 1 amide bonds. The van der Waals surface area contributed by atoms with E-state index in [0.717, 1.165) is 29.8 Å². The zero-order chi connectivity index (χ0) is 16.5. The molecule has 0 aromatic heterocycles. The Balaban J connectivity index is 0.00000288. The number of hydrogen-bond donors (Lipinski definition) is 2. The van der Waals surface area contributed by atoms with Crippen molar-refractivity contribution < 1.29 is 9.53 Å². The first-order valence-corrected chi connectivity index (χ1v) is 8.00. The summed E-state index contributed by atoms with van der Waals surface area (Å²) in [6, 6.07) is 15.6. The minimum atomic E-state index is 0. The van der Waals surface area contributed by atoms with Crippen molar-refractivity contribution >= 4 is 24.0 Å². The lowest BCUT2D eigenvalue weighted by Gasteiger charge is -2.07. The summed E-state index contributed by atoms with van der Waals surface area (Å²) in [5.74, 6) is 0.943. The molecule has 0 spiro atoms. The smallest absolute Gasteiger partial charge is 0.220 e. The number of amides is 1.